The number of carbonyl (C=O) groups excluding carboxylic acids is 4. The van der Waals surface area contributed by atoms with E-state index in [1.807, 2.05) is 6.08 Å². The molecule has 3 aliphatic carbocycles. The van der Waals surface area contributed by atoms with Crippen LogP contribution in [-0.4, -0.2) is 47.0 Å². The quantitative estimate of drug-likeness (QED) is 0.380. The van der Waals surface area contributed by atoms with Gasteiger partial charge in [-0.15, -0.1) is 0 Å². The number of nitrogens with zero attached hydrogens (tertiary/aromatic N) is 1. The lowest BCUT2D eigenvalue weighted by Crippen LogP contribution is -2.39. The summed E-state index contributed by atoms with van der Waals surface area (Å²) in [7, 11) is 1.51. The van der Waals surface area contributed by atoms with Gasteiger partial charge >= 0.3 is 0 Å². The minimum absolute atomic E-state index is 0.0331. The Kier molecular flexibility index (Phi) is 5.16. The Morgan fingerprint density at radius 1 is 1.15 bits per heavy atom. The molecule has 33 heavy (non-hydrogen) atoms. The van der Waals surface area contributed by atoms with Gasteiger partial charge in [-0.25, -0.2) is 0 Å². The summed E-state index contributed by atoms with van der Waals surface area (Å²) >= 11 is 3.20. The summed E-state index contributed by atoms with van der Waals surface area (Å²) in [5.41, 5.74) is 1.88. The maximum Gasteiger partial charge on any atom is 0.233 e. The molecule has 8 heteroatoms. The Balaban J connectivity index is 1.73. The minimum Gasteiger partial charge on any atom is -0.508 e. The molecule has 7 nitrogen and oxygen atoms in total. The molecule has 1 N–H and O–H groups in total. The van der Waals surface area contributed by atoms with Crippen molar-refractivity contribution < 1.29 is 29.0 Å². The molecule has 4 atom stereocenters. The second-order valence-corrected chi connectivity index (χ2v) is 9.59. The van der Waals surface area contributed by atoms with Gasteiger partial charge in [-0.05, 0) is 59.8 Å². The number of benzene rings is 1. The van der Waals surface area contributed by atoms with Gasteiger partial charge in [-0.3, -0.25) is 24.1 Å². The largest absolute Gasteiger partial charge is 0.508 e. The maximum atomic E-state index is 13.2. The van der Waals surface area contributed by atoms with Crippen molar-refractivity contribution in [3.63, 3.8) is 0 Å². The van der Waals surface area contributed by atoms with E-state index in [-0.39, 0.29) is 40.0 Å². The highest BCUT2D eigenvalue weighted by Gasteiger charge is 2.56. The number of halogens is 1. The number of ketones is 2. The number of likely N-dealkylation sites (tertiary alicyclic amines) is 1. The molecule has 4 aliphatic rings. The van der Waals surface area contributed by atoms with Crippen LogP contribution in [0.3, 0.4) is 0 Å². The monoisotopic (exact) mass is 511 g/mol. The fraction of sp³-hybridized carbons (Fsp3) is 0.360. The summed E-state index contributed by atoms with van der Waals surface area (Å²) < 4.78 is 5.51. The lowest BCUT2D eigenvalue weighted by molar-refractivity contribution is -0.139. The van der Waals surface area contributed by atoms with E-state index in [1.54, 1.807) is 19.1 Å². The molecule has 0 radical (unpaired) electrons. The maximum absolute atomic E-state index is 13.2. The first-order chi connectivity index (χ1) is 15.8. The van der Waals surface area contributed by atoms with Gasteiger partial charge in [0.15, 0.2) is 11.6 Å². The number of phenolic OH excluding ortho intramolecular Hbond substituents is 1. The first-order valence-electron chi connectivity index (χ1n) is 10.9. The van der Waals surface area contributed by atoms with E-state index >= 15 is 0 Å². The fourth-order valence-corrected chi connectivity index (χ4v) is 6.28. The van der Waals surface area contributed by atoms with Gasteiger partial charge < -0.3 is 9.84 Å². The highest BCUT2D eigenvalue weighted by molar-refractivity contribution is 9.12. The van der Waals surface area contributed by atoms with Crippen molar-refractivity contribution in [1.29, 1.82) is 0 Å². The Labute approximate surface area is 198 Å². The molecule has 2 amide bonds. The molecular formula is C25H22BrNO6. The predicted octanol–water partition coefficient (Wildman–Crippen LogP) is 3.18. The van der Waals surface area contributed by atoms with Crippen molar-refractivity contribution in [2.75, 3.05) is 13.7 Å². The van der Waals surface area contributed by atoms with Gasteiger partial charge in [0.25, 0.3) is 0 Å². The SMILES string of the molecule is CCN1C(=O)C2CC=C3C(c4cc(OC)ccc4O)C4=C(CC3C2C1=O)C(=O)C(Br)=CC4=O. The van der Waals surface area contributed by atoms with Crippen molar-refractivity contribution in [2.24, 2.45) is 17.8 Å². The number of aromatic hydroxyl groups is 1. The van der Waals surface area contributed by atoms with E-state index in [0.717, 1.165) is 5.57 Å². The van der Waals surface area contributed by atoms with Crippen LogP contribution in [0.25, 0.3) is 0 Å². The average molecular weight is 512 g/mol. The van der Waals surface area contributed by atoms with Crippen LogP contribution >= 0.6 is 15.9 Å². The number of Topliss-reactive ketones (excluding diaryl/α,β-unsaturated/α-hetero) is 1. The van der Waals surface area contributed by atoms with E-state index < -0.39 is 23.7 Å². The molecule has 1 heterocycles. The Bertz CT molecular complexity index is 1230. The van der Waals surface area contributed by atoms with Crippen LogP contribution in [0.2, 0.25) is 0 Å². The number of carbonyl (C=O) groups is 4. The van der Waals surface area contributed by atoms with Crippen LogP contribution in [0.15, 0.2) is 51.6 Å². The second-order valence-electron chi connectivity index (χ2n) is 8.74. The molecule has 0 bridgehead atoms. The van der Waals surface area contributed by atoms with Gasteiger partial charge in [-0.1, -0.05) is 11.6 Å². The van der Waals surface area contributed by atoms with Crippen LogP contribution in [-0.2, 0) is 19.2 Å². The number of fused-ring (bicyclic) bond motifs is 3. The Morgan fingerprint density at radius 2 is 1.91 bits per heavy atom. The number of methoxy groups -OCH3 is 1. The molecule has 1 aromatic rings. The lowest BCUT2D eigenvalue weighted by atomic mass is 9.59. The summed E-state index contributed by atoms with van der Waals surface area (Å²) in [4.78, 5) is 53.7. The van der Waals surface area contributed by atoms with Crippen molar-refractivity contribution in [3.8, 4) is 11.5 Å². The second kappa shape index (κ2) is 7.80. The van der Waals surface area contributed by atoms with Crippen LogP contribution in [0.4, 0.5) is 0 Å². The molecule has 4 unspecified atom stereocenters. The lowest BCUT2D eigenvalue weighted by Gasteiger charge is -2.42. The standard InChI is InChI=1S/C25H22BrNO6/c1-3-27-24(31)13-6-5-12-14(21(13)25(27)32)9-16-22(19(29)10-17(26)23(16)30)20(12)15-8-11(33-2)4-7-18(15)28/h4-5,7-8,10,13-14,20-21,28H,3,6,9H2,1-2H3. The molecule has 1 aliphatic heterocycles. The third-order valence-corrected chi connectivity index (χ3v) is 7.87. The van der Waals surface area contributed by atoms with Crippen LogP contribution in [0.5, 0.6) is 11.5 Å². The average Bonchev–Trinajstić information content (AvgIpc) is 3.06. The van der Waals surface area contributed by atoms with Gasteiger partial charge in [0.05, 0.1) is 23.4 Å². The van der Waals surface area contributed by atoms with Crippen molar-refractivity contribution in [1.82, 2.24) is 4.90 Å². The molecule has 1 fully saturated rings. The van der Waals surface area contributed by atoms with Gasteiger partial charge in [0, 0.05) is 35.2 Å². The fourth-order valence-electron chi connectivity index (χ4n) is 5.83. The van der Waals surface area contributed by atoms with Crippen LogP contribution < -0.4 is 4.74 Å². The molecule has 1 aromatic carbocycles. The molecule has 0 spiro atoms. The number of hydrogen-bond donors (Lipinski definition) is 1. The third kappa shape index (κ3) is 3.07. The number of allylic oxidation sites excluding steroid dienone is 6. The smallest absolute Gasteiger partial charge is 0.233 e. The number of rotatable bonds is 3. The zero-order chi connectivity index (χ0) is 23.6. The summed E-state index contributed by atoms with van der Waals surface area (Å²) in [5, 5.41) is 10.8. The summed E-state index contributed by atoms with van der Waals surface area (Å²) in [6.45, 7) is 2.07. The highest BCUT2D eigenvalue weighted by Crippen LogP contribution is 2.56. The van der Waals surface area contributed by atoms with E-state index in [4.69, 9.17) is 4.74 Å². The first kappa shape index (κ1) is 21.8. The number of hydrogen-bond acceptors (Lipinski definition) is 6. The van der Waals surface area contributed by atoms with Crippen molar-refractivity contribution in [2.45, 2.75) is 25.7 Å². The van der Waals surface area contributed by atoms with Crippen molar-refractivity contribution >= 4 is 39.3 Å². The summed E-state index contributed by atoms with van der Waals surface area (Å²) in [6.07, 6.45) is 3.77. The van der Waals surface area contributed by atoms with Gasteiger partial charge in [-0.2, -0.15) is 0 Å². The normalized spacial score (nSPS) is 28.9. The van der Waals surface area contributed by atoms with Crippen molar-refractivity contribution in [3.05, 3.63) is 57.1 Å². The molecule has 1 saturated heterocycles. The Morgan fingerprint density at radius 3 is 2.61 bits per heavy atom. The zero-order valence-electron chi connectivity index (χ0n) is 18.1. The summed E-state index contributed by atoms with van der Waals surface area (Å²) in [6, 6.07) is 4.77. The molecule has 170 valence electrons. The van der Waals surface area contributed by atoms with Crippen LogP contribution in [0.1, 0.15) is 31.2 Å². The zero-order valence-corrected chi connectivity index (χ0v) is 19.7. The van der Waals surface area contributed by atoms with E-state index in [0.29, 0.717) is 35.4 Å². The molecule has 0 aromatic heterocycles. The first-order valence-corrected chi connectivity index (χ1v) is 11.7. The number of ether oxygens (including phenoxy) is 1. The number of amides is 2. The summed E-state index contributed by atoms with van der Waals surface area (Å²) in [5.74, 6) is -2.75. The van der Waals surface area contributed by atoms with Gasteiger partial charge in [0.1, 0.15) is 11.5 Å². The number of phenols is 1. The third-order valence-electron chi connectivity index (χ3n) is 7.28. The molecule has 5 rings (SSSR count). The molecule has 0 saturated carbocycles. The predicted molar refractivity (Wildman–Crippen MR) is 122 cm³/mol. The Hall–Kier alpha value is -3.00. The van der Waals surface area contributed by atoms with E-state index in [1.165, 1.54) is 24.2 Å². The number of imide groups is 1. The molecular weight excluding hydrogens is 490 g/mol. The van der Waals surface area contributed by atoms with E-state index in [2.05, 4.69) is 15.9 Å². The van der Waals surface area contributed by atoms with Gasteiger partial charge in [0.2, 0.25) is 11.8 Å². The minimum atomic E-state index is -0.707. The van der Waals surface area contributed by atoms with Crippen LogP contribution in [0, 0.1) is 17.8 Å². The van der Waals surface area contributed by atoms with E-state index in [9.17, 15) is 24.3 Å². The highest BCUT2D eigenvalue weighted by atomic mass is 79.9. The topological polar surface area (TPSA) is 101 Å².